The van der Waals surface area contributed by atoms with Gasteiger partial charge in [0.15, 0.2) is 5.69 Å². The van der Waals surface area contributed by atoms with Gasteiger partial charge in [-0.3, -0.25) is 4.79 Å². The van der Waals surface area contributed by atoms with Gasteiger partial charge in [-0.25, -0.2) is 9.78 Å². The number of fused-ring (bicyclic) bond motifs is 1. The molecule has 3 rings (SSSR count). The second-order valence-corrected chi connectivity index (χ2v) is 5.71. The van der Waals surface area contributed by atoms with E-state index >= 15 is 0 Å². The van der Waals surface area contributed by atoms with Gasteiger partial charge in [0.2, 0.25) is 0 Å². The van der Waals surface area contributed by atoms with Gasteiger partial charge in [-0.05, 0) is 12.8 Å². The normalized spacial score (nSPS) is 21.2. The summed E-state index contributed by atoms with van der Waals surface area (Å²) in [5.41, 5.74) is 0.371. The molecule has 1 aromatic heterocycles. The van der Waals surface area contributed by atoms with Gasteiger partial charge in [0, 0.05) is 5.92 Å². The lowest BCUT2D eigenvalue weighted by atomic mass is 9.90. The van der Waals surface area contributed by atoms with E-state index in [-0.39, 0.29) is 6.42 Å². The molecule has 90 valence electrons. The maximum absolute atomic E-state index is 11.5. The number of aromatic nitrogens is 1. The highest BCUT2D eigenvalue weighted by Crippen LogP contribution is 2.37. The summed E-state index contributed by atoms with van der Waals surface area (Å²) in [5, 5.41) is 1.02. The molecule has 1 aliphatic heterocycles. The molecule has 2 aliphatic rings. The Labute approximate surface area is 103 Å². The number of hydrogen-bond donors (Lipinski definition) is 0. The van der Waals surface area contributed by atoms with Gasteiger partial charge in [-0.2, -0.15) is 0 Å². The Morgan fingerprint density at radius 2 is 1.94 bits per heavy atom. The molecule has 1 fully saturated rings. The largest absolute Gasteiger partial charge is 0.388 e. The van der Waals surface area contributed by atoms with Crippen molar-refractivity contribution in [3.05, 3.63) is 15.6 Å². The third-order valence-corrected chi connectivity index (χ3v) is 4.59. The summed E-state index contributed by atoms with van der Waals surface area (Å²) < 4.78 is 4.58. The van der Waals surface area contributed by atoms with Crippen LogP contribution in [0.5, 0.6) is 0 Å². The van der Waals surface area contributed by atoms with Crippen molar-refractivity contribution in [2.75, 3.05) is 0 Å². The Hall–Kier alpha value is -1.23. The molecule has 0 amide bonds. The molecular weight excluding hydrogens is 238 g/mol. The fourth-order valence-corrected chi connectivity index (χ4v) is 3.70. The van der Waals surface area contributed by atoms with Crippen LogP contribution < -0.4 is 0 Å². The number of carbonyl (C=O) groups is 2. The number of esters is 2. The van der Waals surface area contributed by atoms with Crippen LogP contribution in [0.1, 0.15) is 58.4 Å². The summed E-state index contributed by atoms with van der Waals surface area (Å²) in [5.74, 6) is -0.557. The molecule has 0 saturated heterocycles. The molecule has 0 spiro atoms. The number of nitrogens with zero attached hydrogens (tertiary/aromatic N) is 1. The lowest BCUT2D eigenvalue weighted by molar-refractivity contribution is -0.137. The zero-order chi connectivity index (χ0) is 11.8. The minimum Gasteiger partial charge on any atom is -0.388 e. The summed E-state index contributed by atoms with van der Waals surface area (Å²) in [6.45, 7) is 0. The average Bonchev–Trinajstić information content (AvgIpc) is 2.74. The van der Waals surface area contributed by atoms with Crippen molar-refractivity contribution >= 4 is 23.3 Å². The Morgan fingerprint density at radius 3 is 2.71 bits per heavy atom. The van der Waals surface area contributed by atoms with Gasteiger partial charge in [0.1, 0.15) is 0 Å². The smallest absolute Gasteiger partial charge is 0.365 e. The predicted molar refractivity (Wildman–Crippen MR) is 62.1 cm³/mol. The lowest BCUT2D eigenvalue weighted by Crippen LogP contribution is -2.21. The molecule has 0 aromatic carbocycles. The minimum absolute atomic E-state index is 0.200. The lowest BCUT2D eigenvalue weighted by Gasteiger charge is -2.18. The number of carbonyl (C=O) groups excluding carboxylic acids is 2. The van der Waals surface area contributed by atoms with Crippen LogP contribution in [0.15, 0.2) is 0 Å². The number of thiazole rings is 1. The van der Waals surface area contributed by atoms with Crippen molar-refractivity contribution in [3.8, 4) is 0 Å². The summed E-state index contributed by atoms with van der Waals surface area (Å²) in [7, 11) is 0. The average molecular weight is 251 g/mol. The highest BCUT2D eigenvalue weighted by molar-refractivity contribution is 7.12. The van der Waals surface area contributed by atoms with E-state index in [4.69, 9.17) is 0 Å². The molecule has 1 aliphatic carbocycles. The highest BCUT2D eigenvalue weighted by Gasteiger charge is 2.31. The van der Waals surface area contributed by atoms with Crippen molar-refractivity contribution < 1.29 is 14.3 Å². The highest BCUT2D eigenvalue weighted by atomic mass is 32.1. The first kappa shape index (κ1) is 10.9. The Bertz CT molecular complexity index is 474. The first-order valence-electron chi connectivity index (χ1n) is 5.98. The quantitative estimate of drug-likeness (QED) is 0.568. The first-order chi connectivity index (χ1) is 8.24. The Kier molecular flexibility index (Phi) is 2.70. The standard InChI is InChI=1S/C12H13NO3S/c14-9-6-8-10(12(15)16-9)13-11(17-8)7-4-2-1-3-5-7/h7H,1-6H2. The fraction of sp³-hybridized carbons (Fsp3) is 0.583. The van der Waals surface area contributed by atoms with E-state index in [0.29, 0.717) is 11.6 Å². The van der Waals surface area contributed by atoms with Gasteiger partial charge in [0.05, 0.1) is 16.3 Å². The molecule has 1 aromatic rings. The van der Waals surface area contributed by atoms with Crippen molar-refractivity contribution in [2.24, 2.45) is 0 Å². The van der Waals surface area contributed by atoms with E-state index < -0.39 is 11.9 Å². The third-order valence-electron chi connectivity index (χ3n) is 3.37. The van der Waals surface area contributed by atoms with Crippen LogP contribution in [0, 0.1) is 0 Å². The Morgan fingerprint density at radius 1 is 1.18 bits per heavy atom. The van der Waals surface area contributed by atoms with Gasteiger partial charge < -0.3 is 4.74 Å². The van der Waals surface area contributed by atoms with E-state index in [1.54, 1.807) is 0 Å². The van der Waals surface area contributed by atoms with Crippen LogP contribution in [0.2, 0.25) is 0 Å². The molecule has 0 unspecified atom stereocenters. The molecule has 4 nitrogen and oxygen atoms in total. The molecule has 0 N–H and O–H groups in total. The summed E-state index contributed by atoms with van der Waals surface area (Å²) >= 11 is 1.52. The number of ether oxygens (including phenoxy) is 1. The summed E-state index contributed by atoms with van der Waals surface area (Å²) in [4.78, 5) is 27.8. The van der Waals surface area contributed by atoms with Crippen LogP contribution >= 0.6 is 11.3 Å². The van der Waals surface area contributed by atoms with Gasteiger partial charge in [-0.15, -0.1) is 11.3 Å². The van der Waals surface area contributed by atoms with E-state index in [2.05, 4.69) is 9.72 Å². The second kappa shape index (κ2) is 4.22. The fourth-order valence-electron chi connectivity index (χ4n) is 2.49. The summed E-state index contributed by atoms with van der Waals surface area (Å²) in [6.07, 6.45) is 6.26. The van der Waals surface area contributed by atoms with Gasteiger partial charge in [-0.1, -0.05) is 19.3 Å². The van der Waals surface area contributed by atoms with Crippen LogP contribution in [0.25, 0.3) is 0 Å². The molecule has 2 heterocycles. The maximum Gasteiger partial charge on any atom is 0.365 e. The van der Waals surface area contributed by atoms with E-state index in [1.807, 2.05) is 0 Å². The van der Waals surface area contributed by atoms with Crippen LogP contribution in [0.4, 0.5) is 0 Å². The molecule has 1 saturated carbocycles. The predicted octanol–water partition coefficient (Wildman–Crippen LogP) is 2.43. The Balaban J connectivity index is 1.90. The van der Waals surface area contributed by atoms with E-state index in [0.717, 1.165) is 22.7 Å². The second-order valence-electron chi connectivity index (χ2n) is 4.60. The third kappa shape index (κ3) is 1.99. The van der Waals surface area contributed by atoms with Crippen molar-refractivity contribution in [2.45, 2.75) is 44.4 Å². The maximum atomic E-state index is 11.5. The van der Waals surface area contributed by atoms with Gasteiger partial charge in [0.25, 0.3) is 0 Å². The van der Waals surface area contributed by atoms with Crippen LogP contribution in [0.3, 0.4) is 0 Å². The first-order valence-corrected chi connectivity index (χ1v) is 6.80. The molecule has 17 heavy (non-hydrogen) atoms. The molecule has 0 atom stereocenters. The number of cyclic esters (lactones) is 2. The number of hydrogen-bond acceptors (Lipinski definition) is 5. The van der Waals surface area contributed by atoms with Crippen LogP contribution in [-0.4, -0.2) is 16.9 Å². The monoisotopic (exact) mass is 251 g/mol. The van der Waals surface area contributed by atoms with Crippen molar-refractivity contribution in [3.63, 3.8) is 0 Å². The molecule has 0 radical (unpaired) electrons. The minimum atomic E-state index is -0.574. The van der Waals surface area contributed by atoms with E-state index in [1.165, 1.54) is 30.6 Å². The summed E-state index contributed by atoms with van der Waals surface area (Å²) in [6, 6.07) is 0. The number of rotatable bonds is 1. The molecule has 0 bridgehead atoms. The molecule has 5 heteroatoms. The van der Waals surface area contributed by atoms with Gasteiger partial charge >= 0.3 is 11.9 Å². The van der Waals surface area contributed by atoms with Crippen molar-refractivity contribution in [1.29, 1.82) is 0 Å². The van der Waals surface area contributed by atoms with Crippen molar-refractivity contribution in [1.82, 2.24) is 4.98 Å². The van der Waals surface area contributed by atoms with E-state index in [9.17, 15) is 9.59 Å². The van der Waals surface area contributed by atoms with Crippen LogP contribution in [-0.2, 0) is 16.0 Å². The molecular formula is C12H13NO3S. The zero-order valence-corrected chi connectivity index (χ0v) is 10.2. The SMILES string of the molecule is O=C1Cc2sc(C3CCCCC3)nc2C(=O)O1. The topological polar surface area (TPSA) is 56.3 Å². The zero-order valence-electron chi connectivity index (χ0n) is 9.40.